The molecule has 29 heavy (non-hydrogen) atoms. The van der Waals surface area contributed by atoms with Gasteiger partial charge in [0.2, 0.25) is 0 Å². The molecule has 1 heterocycles. The van der Waals surface area contributed by atoms with E-state index in [4.69, 9.17) is 4.74 Å². The molecule has 0 atom stereocenters. The lowest BCUT2D eigenvalue weighted by atomic mass is 10.1. The van der Waals surface area contributed by atoms with E-state index in [1.807, 2.05) is 67.1 Å². The van der Waals surface area contributed by atoms with Gasteiger partial charge in [0.15, 0.2) is 0 Å². The number of nitrogens with one attached hydrogen (secondary N) is 1. The van der Waals surface area contributed by atoms with Crippen LogP contribution in [0.4, 0.5) is 0 Å². The minimum Gasteiger partial charge on any atom is -0.493 e. The fourth-order valence-electron chi connectivity index (χ4n) is 3.14. The number of carbonyl (C=O) groups excluding carboxylic acids is 1. The summed E-state index contributed by atoms with van der Waals surface area (Å²) in [5.41, 5.74) is 4.76. The number of ether oxygens (including phenoxy) is 1. The molecule has 0 saturated carbocycles. The number of para-hydroxylation sites is 1. The number of hydrogen-bond acceptors (Lipinski definition) is 3. The Labute approximate surface area is 172 Å². The van der Waals surface area contributed by atoms with E-state index >= 15 is 0 Å². The van der Waals surface area contributed by atoms with Crippen molar-refractivity contribution in [1.82, 2.24) is 15.1 Å². The predicted molar refractivity (Wildman–Crippen MR) is 115 cm³/mol. The summed E-state index contributed by atoms with van der Waals surface area (Å²) in [7, 11) is 0. The van der Waals surface area contributed by atoms with E-state index in [0.29, 0.717) is 31.2 Å². The lowest BCUT2D eigenvalue weighted by Crippen LogP contribution is -2.23. The minimum atomic E-state index is -0.0983. The smallest absolute Gasteiger partial charge is 0.251 e. The molecule has 0 radical (unpaired) electrons. The Morgan fingerprint density at radius 1 is 1.10 bits per heavy atom. The molecule has 1 aromatic heterocycles. The second-order valence-corrected chi connectivity index (χ2v) is 7.78. The fourth-order valence-corrected chi connectivity index (χ4v) is 3.14. The van der Waals surface area contributed by atoms with Gasteiger partial charge in [0.1, 0.15) is 5.75 Å². The summed E-state index contributed by atoms with van der Waals surface area (Å²) in [5, 5.41) is 7.51. The van der Waals surface area contributed by atoms with E-state index in [2.05, 4.69) is 30.3 Å². The van der Waals surface area contributed by atoms with Gasteiger partial charge >= 0.3 is 0 Å². The van der Waals surface area contributed by atoms with Gasteiger partial charge in [-0.2, -0.15) is 5.10 Å². The van der Waals surface area contributed by atoms with Crippen molar-refractivity contribution in [1.29, 1.82) is 0 Å². The third-order valence-corrected chi connectivity index (χ3v) is 4.61. The number of aromatic nitrogens is 2. The molecular weight excluding hydrogens is 362 g/mol. The van der Waals surface area contributed by atoms with Crippen LogP contribution in [-0.4, -0.2) is 22.3 Å². The zero-order valence-corrected chi connectivity index (χ0v) is 17.6. The highest BCUT2D eigenvalue weighted by atomic mass is 16.5. The molecule has 152 valence electrons. The molecule has 0 spiro atoms. The molecule has 0 aliphatic carbocycles. The first-order valence-electron chi connectivity index (χ1n) is 10.0. The second kappa shape index (κ2) is 9.41. The van der Waals surface area contributed by atoms with E-state index in [-0.39, 0.29) is 5.91 Å². The molecule has 3 aromatic rings. The molecular formula is C24H29N3O2. The van der Waals surface area contributed by atoms with Crippen LogP contribution in [0.3, 0.4) is 0 Å². The predicted octanol–water partition coefficient (Wildman–Crippen LogP) is 4.51. The molecule has 1 amide bonds. The van der Waals surface area contributed by atoms with Gasteiger partial charge in [-0.3, -0.25) is 9.48 Å². The van der Waals surface area contributed by atoms with Crippen LogP contribution >= 0.6 is 0 Å². The van der Waals surface area contributed by atoms with Crippen LogP contribution in [0.2, 0.25) is 0 Å². The average Bonchev–Trinajstić information content (AvgIpc) is 3.02. The van der Waals surface area contributed by atoms with Gasteiger partial charge in [-0.05, 0) is 49.6 Å². The monoisotopic (exact) mass is 391 g/mol. The lowest BCUT2D eigenvalue weighted by Gasteiger charge is -2.14. The minimum absolute atomic E-state index is 0.0983. The molecule has 2 aromatic carbocycles. The summed E-state index contributed by atoms with van der Waals surface area (Å²) in [4.78, 5) is 12.7. The number of aryl methyl sites for hydroxylation is 2. The van der Waals surface area contributed by atoms with E-state index in [1.165, 1.54) is 0 Å². The van der Waals surface area contributed by atoms with Gasteiger partial charge in [-0.15, -0.1) is 0 Å². The fraction of sp³-hybridized carbons (Fsp3) is 0.333. The van der Waals surface area contributed by atoms with Crippen LogP contribution in [0.25, 0.3) is 0 Å². The number of rotatable bonds is 8. The normalized spacial score (nSPS) is 10.9. The Bertz CT molecular complexity index is 976. The largest absolute Gasteiger partial charge is 0.493 e. The molecule has 0 aliphatic heterocycles. The van der Waals surface area contributed by atoms with Crippen LogP contribution in [-0.2, 0) is 13.1 Å². The van der Waals surface area contributed by atoms with Crippen LogP contribution in [0.5, 0.6) is 5.75 Å². The number of amides is 1. The van der Waals surface area contributed by atoms with E-state index in [1.54, 1.807) is 0 Å². The topological polar surface area (TPSA) is 56.2 Å². The maximum absolute atomic E-state index is 12.7. The number of nitrogens with zero attached hydrogens (tertiary/aromatic N) is 2. The van der Waals surface area contributed by atoms with Gasteiger partial charge in [-0.1, -0.05) is 44.2 Å². The number of hydrogen-bond donors (Lipinski definition) is 1. The van der Waals surface area contributed by atoms with Gasteiger partial charge in [0, 0.05) is 23.4 Å². The molecule has 1 N–H and O–H groups in total. The van der Waals surface area contributed by atoms with Gasteiger partial charge < -0.3 is 10.1 Å². The summed E-state index contributed by atoms with van der Waals surface area (Å²) in [6.45, 7) is 9.97. The molecule has 0 aliphatic rings. The summed E-state index contributed by atoms with van der Waals surface area (Å²) in [5.74, 6) is 1.17. The molecule has 0 saturated heterocycles. The van der Waals surface area contributed by atoms with Crippen LogP contribution in [0, 0.1) is 19.8 Å². The standard InChI is InChI=1S/C24H29N3O2/c1-17(2)16-29-23-11-6-5-9-22(23)14-25-24(28)21-10-7-8-20(13-21)15-27-19(4)12-18(3)26-27/h5-13,17H,14-16H2,1-4H3,(H,25,28). The van der Waals surface area contributed by atoms with Crippen molar-refractivity contribution in [3.05, 3.63) is 82.7 Å². The first-order valence-corrected chi connectivity index (χ1v) is 10.0. The van der Waals surface area contributed by atoms with Crippen molar-refractivity contribution in [3.8, 4) is 5.75 Å². The number of benzene rings is 2. The third-order valence-electron chi connectivity index (χ3n) is 4.61. The van der Waals surface area contributed by atoms with E-state index in [0.717, 1.165) is 28.3 Å². The van der Waals surface area contributed by atoms with Gasteiger partial charge in [0.25, 0.3) is 5.91 Å². The molecule has 0 unspecified atom stereocenters. The average molecular weight is 392 g/mol. The molecule has 3 rings (SSSR count). The number of carbonyl (C=O) groups is 1. The Hall–Kier alpha value is -3.08. The molecule has 0 bridgehead atoms. The molecule has 0 fully saturated rings. The van der Waals surface area contributed by atoms with Crippen molar-refractivity contribution in [2.24, 2.45) is 5.92 Å². The van der Waals surface area contributed by atoms with Crippen molar-refractivity contribution < 1.29 is 9.53 Å². The van der Waals surface area contributed by atoms with Crippen molar-refractivity contribution in [2.75, 3.05) is 6.61 Å². The van der Waals surface area contributed by atoms with Gasteiger partial charge in [-0.25, -0.2) is 0 Å². The zero-order chi connectivity index (χ0) is 20.8. The van der Waals surface area contributed by atoms with E-state index in [9.17, 15) is 4.79 Å². The highest BCUT2D eigenvalue weighted by Crippen LogP contribution is 2.19. The zero-order valence-electron chi connectivity index (χ0n) is 17.6. The SMILES string of the molecule is Cc1cc(C)n(Cc2cccc(C(=O)NCc3ccccc3OCC(C)C)c2)n1. The first-order chi connectivity index (χ1) is 13.9. The summed E-state index contributed by atoms with van der Waals surface area (Å²) in [6, 6.07) is 17.6. The highest BCUT2D eigenvalue weighted by Gasteiger charge is 2.10. The first kappa shape index (κ1) is 20.6. The highest BCUT2D eigenvalue weighted by molar-refractivity contribution is 5.94. The Balaban J connectivity index is 1.65. The Kier molecular flexibility index (Phi) is 6.70. The van der Waals surface area contributed by atoms with Crippen molar-refractivity contribution in [2.45, 2.75) is 40.8 Å². The van der Waals surface area contributed by atoms with Crippen LogP contribution in [0.15, 0.2) is 54.6 Å². The maximum atomic E-state index is 12.7. The lowest BCUT2D eigenvalue weighted by molar-refractivity contribution is 0.0950. The quantitative estimate of drug-likeness (QED) is 0.614. The van der Waals surface area contributed by atoms with Gasteiger partial charge in [0.05, 0.1) is 18.8 Å². The maximum Gasteiger partial charge on any atom is 0.251 e. The third kappa shape index (κ3) is 5.70. The second-order valence-electron chi connectivity index (χ2n) is 7.78. The van der Waals surface area contributed by atoms with E-state index < -0.39 is 0 Å². The summed E-state index contributed by atoms with van der Waals surface area (Å²) >= 11 is 0. The molecule has 5 nitrogen and oxygen atoms in total. The summed E-state index contributed by atoms with van der Waals surface area (Å²) in [6.07, 6.45) is 0. The Morgan fingerprint density at radius 2 is 1.90 bits per heavy atom. The van der Waals surface area contributed by atoms with Crippen LogP contribution < -0.4 is 10.1 Å². The Morgan fingerprint density at radius 3 is 2.62 bits per heavy atom. The van der Waals surface area contributed by atoms with Crippen molar-refractivity contribution in [3.63, 3.8) is 0 Å². The molecule has 5 heteroatoms. The summed E-state index contributed by atoms with van der Waals surface area (Å²) < 4.78 is 7.83. The van der Waals surface area contributed by atoms with Crippen LogP contribution in [0.1, 0.15) is 46.7 Å². The van der Waals surface area contributed by atoms with Crippen molar-refractivity contribution >= 4 is 5.91 Å².